The fourth-order valence-electron chi connectivity index (χ4n) is 2.61. The molecule has 1 aromatic carbocycles. The van der Waals surface area contributed by atoms with E-state index in [0.29, 0.717) is 16.5 Å². The van der Waals surface area contributed by atoms with Crippen LogP contribution in [0, 0.1) is 6.92 Å². The van der Waals surface area contributed by atoms with Gasteiger partial charge in [0.15, 0.2) is 5.13 Å². The predicted molar refractivity (Wildman–Crippen MR) is 108 cm³/mol. The van der Waals surface area contributed by atoms with Gasteiger partial charge >= 0.3 is 0 Å². The van der Waals surface area contributed by atoms with Crippen molar-refractivity contribution in [1.29, 1.82) is 0 Å². The summed E-state index contributed by atoms with van der Waals surface area (Å²) in [5.74, 6) is 0.329. The summed E-state index contributed by atoms with van der Waals surface area (Å²) >= 11 is 1.46. The van der Waals surface area contributed by atoms with Crippen molar-refractivity contribution in [1.82, 2.24) is 4.98 Å². The Balaban J connectivity index is 0.00000243. The maximum atomic E-state index is 12.3. The highest BCUT2D eigenvalue weighted by molar-refractivity contribution is 7.16. The van der Waals surface area contributed by atoms with Gasteiger partial charge in [-0.2, -0.15) is 0 Å². The fraction of sp³-hybridized carbons (Fsp3) is 0.263. The number of aromatic nitrogens is 1. The molecule has 1 amide bonds. The van der Waals surface area contributed by atoms with Gasteiger partial charge in [-0.3, -0.25) is 10.1 Å². The summed E-state index contributed by atoms with van der Waals surface area (Å²) in [6.45, 7) is 4.44. The lowest BCUT2D eigenvalue weighted by Crippen LogP contribution is -2.10. The summed E-state index contributed by atoms with van der Waals surface area (Å²) in [6.07, 6.45) is 3.61. The number of rotatable bonds is 6. The van der Waals surface area contributed by atoms with Crippen LogP contribution in [0.1, 0.15) is 39.9 Å². The molecule has 0 saturated carbocycles. The molecule has 3 rings (SSSR count). The molecule has 3 N–H and O–H groups in total. The molecule has 26 heavy (non-hydrogen) atoms. The maximum absolute atomic E-state index is 12.3. The van der Waals surface area contributed by atoms with E-state index in [9.17, 15) is 4.79 Å². The SMILES string of the molecule is CCCc1ccc(-c2nc(NC(=O)c3coc(CN)c3)sc2C)cc1.Cl. The molecule has 2 heterocycles. The lowest BCUT2D eigenvalue weighted by Gasteiger charge is -2.02. The highest BCUT2D eigenvalue weighted by Crippen LogP contribution is 2.31. The van der Waals surface area contributed by atoms with Gasteiger partial charge in [0.2, 0.25) is 0 Å². The quantitative estimate of drug-likeness (QED) is 0.632. The number of hydrogen-bond acceptors (Lipinski definition) is 5. The van der Waals surface area contributed by atoms with Crippen LogP contribution >= 0.6 is 23.7 Å². The molecule has 0 unspecified atom stereocenters. The van der Waals surface area contributed by atoms with E-state index in [1.165, 1.54) is 23.2 Å². The number of amides is 1. The highest BCUT2D eigenvalue weighted by Gasteiger charge is 2.15. The molecular formula is C19H22ClN3O2S. The molecule has 0 aliphatic carbocycles. The van der Waals surface area contributed by atoms with Crippen LogP contribution in [0.4, 0.5) is 5.13 Å². The Morgan fingerprint density at radius 2 is 2.04 bits per heavy atom. The van der Waals surface area contributed by atoms with Crippen LogP contribution in [0.15, 0.2) is 41.0 Å². The Morgan fingerprint density at radius 3 is 2.65 bits per heavy atom. The van der Waals surface area contributed by atoms with E-state index in [1.54, 1.807) is 6.07 Å². The van der Waals surface area contributed by atoms with Crippen molar-refractivity contribution in [2.24, 2.45) is 5.73 Å². The third kappa shape index (κ3) is 4.52. The molecule has 7 heteroatoms. The van der Waals surface area contributed by atoms with Crippen molar-refractivity contribution in [3.8, 4) is 11.3 Å². The maximum Gasteiger partial charge on any atom is 0.260 e. The first kappa shape index (κ1) is 20.2. The van der Waals surface area contributed by atoms with Gasteiger partial charge in [-0.25, -0.2) is 4.98 Å². The standard InChI is InChI=1S/C19H21N3O2S.ClH/c1-3-4-13-5-7-14(8-6-13)17-12(2)25-19(21-17)22-18(23)15-9-16(10-20)24-11-15;/h5-9,11H,3-4,10,20H2,1-2H3,(H,21,22,23);1H. The molecule has 0 bridgehead atoms. The van der Waals surface area contributed by atoms with Crippen LogP contribution in [0.25, 0.3) is 11.3 Å². The molecule has 0 atom stereocenters. The number of halogens is 1. The summed E-state index contributed by atoms with van der Waals surface area (Å²) in [5.41, 5.74) is 9.22. The molecule has 3 aromatic rings. The average Bonchev–Trinajstić information content (AvgIpc) is 3.22. The molecule has 138 valence electrons. The topological polar surface area (TPSA) is 81.2 Å². The van der Waals surface area contributed by atoms with E-state index in [2.05, 4.69) is 41.5 Å². The minimum Gasteiger partial charge on any atom is -0.467 e. The Bertz CT molecular complexity index is 871. The summed E-state index contributed by atoms with van der Waals surface area (Å²) < 4.78 is 5.20. The van der Waals surface area contributed by atoms with Crippen molar-refractivity contribution in [3.05, 3.63) is 58.4 Å². The monoisotopic (exact) mass is 391 g/mol. The lowest BCUT2D eigenvalue weighted by molar-refractivity contribution is 0.102. The minimum atomic E-state index is -0.248. The van der Waals surface area contributed by atoms with Gasteiger partial charge in [0, 0.05) is 10.4 Å². The Kier molecular flexibility index (Phi) is 6.97. The third-order valence-electron chi connectivity index (χ3n) is 3.90. The van der Waals surface area contributed by atoms with Crippen LogP contribution in [0.3, 0.4) is 0 Å². The predicted octanol–water partition coefficient (Wildman–Crippen LogP) is 4.80. The lowest BCUT2D eigenvalue weighted by atomic mass is 10.1. The Hall–Kier alpha value is -2.15. The molecule has 0 spiro atoms. The van der Waals surface area contributed by atoms with Crippen LogP contribution in [0.5, 0.6) is 0 Å². The molecule has 2 aromatic heterocycles. The van der Waals surface area contributed by atoms with Crippen molar-refractivity contribution < 1.29 is 9.21 Å². The second-order valence-corrected chi connectivity index (χ2v) is 7.03. The number of nitrogens with one attached hydrogen (secondary N) is 1. The van der Waals surface area contributed by atoms with Gasteiger partial charge in [-0.1, -0.05) is 37.6 Å². The zero-order chi connectivity index (χ0) is 17.8. The zero-order valence-corrected chi connectivity index (χ0v) is 16.4. The third-order valence-corrected chi connectivity index (χ3v) is 4.79. The number of nitrogens with zero attached hydrogens (tertiary/aromatic N) is 1. The largest absolute Gasteiger partial charge is 0.467 e. The van der Waals surface area contributed by atoms with Crippen molar-refractivity contribution >= 4 is 34.8 Å². The van der Waals surface area contributed by atoms with Gasteiger partial charge < -0.3 is 10.2 Å². The molecule has 0 aliphatic rings. The number of hydrogen-bond donors (Lipinski definition) is 2. The number of carbonyl (C=O) groups excluding carboxylic acids is 1. The molecule has 0 saturated heterocycles. The van der Waals surface area contributed by atoms with Crippen molar-refractivity contribution in [2.45, 2.75) is 33.2 Å². The van der Waals surface area contributed by atoms with E-state index >= 15 is 0 Å². The van der Waals surface area contributed by atoms with E-state index in [-0.39, 0.29) is 24.9 Å². The molecule has 5 nitrogen and oxygen atoms in total. The van der Waals surface area contributed by atoms with Crippen molar-refractivity contribution in [3.63, 3.8) is 0 Å². The van der Waals surface area contributed by atoms with Crippen LogP contribution in [-0.2, 0) is 13.0 Å². The molecular weight excluding hydrogens is 370 g/mol. The number of nitrogens with two attached hydrogens (primary N) is 1. The van der Waals surface area contributed by atoms with Gasteiger partial charge in [0.25, 0.3) is 5.91 Å². The first-order valence-electron chi connectivity index (χ1n) is 8.26. The van der Waals surface area contributed by atoms with Gasteiger partial charge in [-0.15, -0.1) is 23.7 Å². The summed E-state index contributed by atoms with van der Waals surface area (Å²) in [7, 11) is 0. The highest BCUT2D eigenvalue weighted by atomic mass is 35.5. The summed E-state index contributed by atoms with van der Waals surface area (Å²) in [4.78, 5) is 17.9. The van der Waals surface area contributed by atoms with Crippen LogP contribution in [-0.4, -0.2) is 10.9 Å². The minimum absolute atomic E-state index is 0. The fourth-order valence-corrected chi connectivity index (χ4v) is 3.44. The van der Waals surface area contributed by atoms with Gasteiger partial charge in [-0.05, 0) is 25.0 Å². The van der Waals surface area contributed by atoms with E-state index in [4.69, 9.17) is 10.2 Å². The number of benzene rings is 1. The molecule has 0 fully saturated rings. The van der Waals surface area contributed by atoms with E-state index < -0.39 is 0 Å². The smallest absolute Gasteiger partial charge is 0.260 e. The van der Waals surface area contributed by atoms with E-state index in [0.717, 1.165) is 29.0 Å². The van der Waals surface area contributed by atoms with Crippen LogP contribution in [0.2, 0.25) is 0 Å². The van der Waals surface area contributed by atoms with Gasteiger partial charge in [0.1, 0.15) is 12.0 Å². The average molecular weight is 392 g/mol. The van der Waals surface area contributed by atoms with Crippen molar-refractivity contribution in [2.75, 3.05) is 5.32 Å². The molecule has 0 aliphatic heterocycles. The first-order chi connectivity index (χ1) is 12.1. The van der Waals surface area contributed by atoms with Gasteiger partial charge in [0.05, 0.1) is 17.8 Å². The number of aryl methyl sites for hydroxylation is 2. The molecule has 0 radical (unpaired) electrons. The number of anilines is 1. The van der Waals surface area contributed by atoms with E-state index in [1.807, 2.05) is 6.92 Å². The summed E-state index contributed by atoms with van der Waals surface area (Å²) in [6, 6.07) is 10.1. The number of carbonyl (C=O) groups is 1. The Morgan fingerprint density at radius 1 is 1.31 bits per heavy atom. The summed E-state index contributed by atoms with van der Waals surface area (Å²) in [5, 5.41) is 3.40. The second kappa shape index (κ2) is 8.98. The number of thiazole rings is 1. The van der Waals surface area contributed by atoms with Crippen LogP contribution < -0.4 is 11.1 Å². The number of furan rings is 1. The Labute approximate surface area is 163 Å². The normalized spacial score (nSPS) is 10.4. The zero-order valence-electron chi connectivity index (χ0n) is 14.7. The first-order valence-corrected chi connectivity index (χ1v) is 9.08. The second-order valence-electron chi connectivity index (χ2n) is 5.83.